The molecule has 0 aliphatic rings. The van der Waals surface area contributed by atoms with Gasteiger partial charge in [-0.05, 0) is 29.8 Å². The van der Waals surface area contributed by atoms with Crippen molar-refractivity contribution in [3.63, 3.8) is 0 Å². The van der Waals surface area contributed by atoms with E-state index in [1.807, 2.05) is 6.07 Å². The first-order chi connectivity index (χ1) is 8.56. The van der Waals surface area contributed by atoms with Crippen LogP contribution in [0.2, 0.25) is 5.02 Å². The first-order valence-electron chi connectivity index (χ1n) is 5.49. The van der Waals surface area contributed by atoms with Gasteiger partial charge in [-0.2, -0.15) is 0 Å². The van der Waals surface area contributed by atoms with Crippen molar-refractivity contribution in [2.45, 2.75) is 12.5 Å². The lowest BCUT2D eigenvalue weighted by molar-refractivity contribution is 0.179. The average Bonchev–Trinajstić information content (AvgIpc) is 2.28. The summed E-state index contributed by atoms with van der Waals surface area (Å²) in [6, 6.07) is 8.60. The zero-order valence-corrected chi connectivity index (χ0v) is 10.4. The van der Waals surface area contributed by atoms with E-state index in [0.717, 1.165) is 5.56 Å². The molecule has 1 unspecified atom stereocenters. The van der Waals surface area contributed by atoms with E-state index in [9.17, 15) is 5.11 Å². The number of anilines is 2. The van der Waals surface area contributed by atoms with Crippen molar-refractivity contribution in [1.82, 2.24) is 4.98 Å². The molecule has 1 heterocycles. The van der Waals surface area contributed by atoms with Crippen LogP contribution in [0, 0.1) is 0 Å². The lowest BCUT2D eigenvalue weighted by Gasteiger charge is -2.14. The molecule has 0 radical (unpaired) electrons. The second-order valence-electron chi connectivity index (χ2n) is 4.08. The van der Waals surface area contributed by atoms with Gasteiger partial charge in [0.2, 0.25) is 0 Å². The fraction of sp³-hybridized carbons (Fsp3) is 0.154. The van der Waals surface area contributed by atoms with Crippen LogP contribution in [-0.2, 0) is 6.42 Å². The number of hydrogen-bond donors (Lipinski definition) is 3. The Morgan fingerprint density at radius 1 is 1.22 bits per heavy atom. The molecule has 0 bridgehead atoms. The van der Waals surface area contributed by atoms with Crippen molar-refractivity contribution < 1.29 is 5.11 Å². The third-order valence-corrected chi connectivity index (χ3v) is 2.92. The second kappa shape index (κ2) is 5.25. The lowest BCUT2D eigenvalue weighted by atomic mass is 10.0. The minimum absolute atomic E-state index is 0.429. The van der Waals surface area contributed by atoms with Crippen LogP contribution in [0.3, 0.4) is 0 Å². The third kappa shape index (κ3) is 2.91. The van der Waals surface area contributed by atoms with Gasteiger partial charge in [0.15, 0.2) is 0 Å². The van der Waals surface area contributed by atoms with Gasteiger partial charge in [0.1, 0.15) is 5.82 Å². The van der Waals surface area contributed by atoms with Gasteiger partial charge in [0.05, 0.1) is 6.10 Å². The van der Waals surface area contributed by atoms with Crippen LogP contribution >= 0.6 is 11.6 Å². The van der Waals surface area contributed by atoms with Crippen LogP contribution in [0.1, 0.15) is 17.2 Å². The number of rotatable bonds is 3. The largest absolute Gasteiger partial charge is 0.398 e. The number of pyridine rings is 1. The van der Waals surface area contributed by atoms with Crippen molar-refractivity contribution >= 4 is 23.1 Å². The summed E-state index contributed by atoms with van der Waals surface area (Å²) in [6.07, 6.45) is 1.35. The molecule has 2 aromatic rings. The number of aromatic nitrogens is 1. The minimum atomic E-state index is -0.691. The van der Waals surface area contributed by atoms with E-state index in [4.69, 9.17) is 23.1 Å². The number of halogens is 1. The van der Waals surface area contributed by atoms with Gasteiger partial charge in [-0.15, -0.1) is 0 Å². The number of aliphatic hydroxyl groups is 1. The van der Waals surface area contributed by atoms with Gasteiger partial charge in [0, 0.05) is 28.9 Å². The SMILES string of the molecule is Nc1cc(CC(O)c2ccc(Cl)cc2N)ccn1. The average molecular weight is 264 g/mol. The zero-order valence-electron chi connectivity index (χ0n) is 9.68. The van der Waals surface area contributed by atoms with Crippen LogP contribution in [0.4, 0.5) is 11.5 Å². The normalized spacial score (nSPS) is 12.3. The molecular formula is C13H14ClN3O. The van der Waals surface area contributed by atoms with E-state index in [1.165, 1.54) is 0 Å². The van der Waals surface area contributed by atoms with Gasteiger partial charge in [-0.3, -0.25) is 0 Å². The van der Waals surface area contributed by atoms with Gasteiger partial charge in [-0.1, -0.05) is 17.7 Å². The maximum absolute atomic E-state index is 10.2. The molecule has 18 heavy (non-hydrogen) atoms. The smallest absolute Gasteiger partial charge is 0.123 e. The Labute approximate surface area is 110 Å². The van der Waals surface area contributed by atoms with Crippen LogP contribution in [-0.4, -0.2) is 10.1 Å². The number of aliphatic hydroxyl groups excluding tert-OH is 1. The van der Waals surface area contributed by atoms with Crippen LogP contribution in [0.25, 0.3) is 0 Å². The first kappa shape index (κ1) is 12.7. The number of nitrogens with zero attached hydrogens (tertiary/aromatic N) is 1. The number of nitrogens with two attached hydrogens (primary N) is 2. The van der Waals surface area contributed by atoms with Crippen molar-refractivity contribution in [2.24, 2.45) is 0 Å². The molecule has 0 aliphatic heterocycles. The van der Waals surface area contributed by atoms with Crippen LogP contribution in [0.15, 0.2) is 36.5 Å². The highest BCUT2D eigenvalue weighted by Crippen LogP contribution is 2.26. The summed E-state index contributed by atoms with van der Waals surface area (Å²) in [5.41, 5.74) is 13.5. The highest BCUT2D eigenvalue weighted by atomic mass is 35.5. The van der Waals surface area contributed by atoms with E-state index in [1.54, 1.807) is 30.5 Å². The first-order valence-corrected chi connectivity index (χ1v) is 5.87. The molecular weight excluding hydrogens is 250 g/mol. The van der Waals surface area contributed by atoms with E-state index in [2.05, 4.69) is 4.98 Å². The number of nitrogen functional groups attached to an aromatic ring is 2. The molecule has 0 amide bonds. The summed E-state index contributed by atoms with van der Waals surface area (Å²) in [7, 11) is 0. The second-order valence-corrected chi connectivity index (χ2v) is 4.52. The standard InChI is InChI=1S/C13H14ClN3O/c14-9-1-2-10(11(15)7-9)12(18)5-8-3-4-17-13(16)6-8/h1-4,6-7,12,18H,5,15H2,(H2,16,17). The topological polar surface area (TPSA) is 85.2 Å². The molecule has 1 aromatic carbocycles. The van der Waals surface area contributed by atoms with Crippen LogP contribution in [0.5, 0.6) is 0 Å². The van der Waals surface area contributed by atoms with E-state index < -0.39 is 6.10 Å². The maximum atomic E-state index is 10.2. The molecule has 0 saturated carbocycles. The number of hydrogen-bond acceptors (Lipinski definition) is 4. The monoisotopic (exact) mass is 263 g/mol. The summed E-state index contributed by atoms with van der Waals surface area (Å²) in [5.74, 6) is 0.434. The molecule has 5 heteroatoms. The van der Waals surface area contributed by atoms with Gasteiger partial charge >= 0.3 is 0 Å². The Hall–Kier alpha value is -1.78. The molecule has 5 N–H and O–H groups in total. The van der Waals surface area contributed by atoms with Crippen molar-refractivity contribution in [3.8, 4) is 0 Å². The zero-order chi connectivity index (χ0) is 13.1. The fourth-order valence-corrected chi connectivity index (χ4v) is 1.98. The molecule has 4 nitrogen and oxygen atoms in total. The van der Waals surface area contributed by atoms with Gasteiger partial charge in [0.25, 0.3) is 0 Å². The number of benzene rings is 1. The highest BCUT2D eigenvalue weighted by molar-refractivity contribution is 6.30. The predicted molar refractivity (Wildman–Crippen MR) is 73.2 cm³/mol. The summed E-state index contributed by atoms with van der Waals surface area (Å²) >= 11 is 5.82. The summed E-state index contributed by atoms with van der Waals surface area (Å²) < 4.78 is 0. The Bertz CT molecular complexity index is 560. The molecule has 1 atom stereocenters. The molecule has 0 saturated heterocycles. The van der Waals surface area contributed by atoms with Crippen molar-refractivity contribution in [3.05, 3.63) is 52.7 Å². The lowest BCUT2D eigenvalue weighted by Crippen LogP contribution is -2.06. The summed E-state index contributed by atoms with van der Waals surface area (Å²) in [5, 5.41) is 10.7. The Morgan fingerprint density at radius 2 is 2.00 bits per heavy atom. The van der Waals surface area contributed by atoms with E-state index in [-0.39, 0.29) is 0 Å². The van der Waals surface area contributed by atoms with E-state index in [0.29, 0.717) is 28.5 Å². The summed E-state index contributed by atoms with van der Waals surface area (Å²) in [6.45, 7) is 0. The fourth-order valence-electron chi connectivity index (χ4n) is 1.80. The highest BCUT2D eigenvalue weighted by Gasteiger charge is 2.12. The predicted octanol–water partition coefficient (Wildman–Crippen LogP) is 2.18. The van der Waals surface area contributed by atoms with Gasteiger partial charge < -0.3 is 16.6 Å². The molecule has 0 spiro atoms. The van der Waals surface area contributed by atoms with Crippen molar-refractivity contribution in [1.29, 1.82) is 0 Å². The maximum Gasteiger partial charge on any atom is 0.123 e. The summed E-state index contributed by atoms with van der Waals surface area (Å²) in [4.78, 5) is 3.90. The quantitative estimate of drug-likeness (QED) is 0.741. The minimum Gasteiger partial charge on any atom is -0.398 e. The van der Waals surface area contributed by atoms with Crippen molar-refractivity contribution in [2.75, 3.05) is 11.5 Å². The Balaban J connectivity index is 2.19. The molecule has 1 aromatic heterocycles. The van der Waals surface area contributed by atoms with Gasteiger partial charge in [-0.25, -0.2) is 4.98 Å². The Kier molecular flexibility index (Phi) is 3.69. The molecule has 2 rings (SSSR count). The molecule has 0 aliphatic carbocycles. The third-order valence-electron chi connectivity index (χ3n) is 2.68. The molecule has 0 fully saturated rings. The Morgan fingerprint density at radius 3 is 2.67 bits per heavy atom. The van der Waals surface area contributed by atoms with E-state index >= 15 is 0 Å². The molecule has 94 valence electrons. The van der Waals surface area contributed by atoms with Crippen LogP contribution < -0.4 is 11.5 Å².